The van der Waals surface area contributed by atoms with E-state index in [0.717, 1.165) is 37.0 Å². The Balaban J connectivity index is 1.54. The highest BCUT2D eigenvalue weighted by molar-refractivity contribution is 5.93. The summed E-state index contributed by atoms with van der Waals surface area (Å²) in [5, 5.41) is 2.89. The summed E-state index contributed by atoms with van der Waals surface area (Å²) >= 11 is 0. The van der Waals surface area contributed by atoms with E-state index in [1.807, 2.05) is 33.7 Å². The maximum absolute atomic E-state index is 13.0. The van der Waals surface area contributed by atoms with Crippen LogP contribution in [0.15, 0.2) is 48.8 Å². The molecule has 7 nitrogen and oxygen atoms in total. The molecular formula is C22H25N5O2. The van der Waals surface area contributed by atoms with E-state index < -0.39 is 0 Å². The fraction of sp³-hybridized carbons (Fsp3) is 0.364. The summed E-state index contributed by atoms with van der Waals surface area (Å²) in [5.74, 6) is 0.567. The minimum absolute atomic E-state index is 0.106. The third-order valence-electron chi connectivity index (χ3n) is 5.32. The summed E-state index contributed by atoms with van der Waals surface area (Å²) in [6.07, 6.45) is 7.65. The van der Waals surface area contributed by atoms with E-state index >= 15 is 0 Å². The molecule has 150 valence electrons. The zero-order valence-corrected chi connectivity index (χ0v) is 16.4. The Morgan fingerprint density at radius 2 is 1.79 bits per heavy atom. The van der Waals surface area contributed by atoms with Crippen molar-refractivity contribution in [1.82, 2.24) is 24.8 Å². The molecule has 1 aliphatic rings. The number of pyridine rings is 1. The highest BCUT2D eigenvalue weighted by Gasteiger charge is 2.19. The molecule has 4 rings (SSSR count). The van der Waals surface area contributed by atoms with Crippen LogP contribution in [0, 0.1) is 0 Å². The van der Waals surface area contributed by atoms with Gasteiger partial charge in [-0.2, -0.15) is 0 Å². The SMILES string of the molecule is O=C(NCc1nc2ccccc2n1CC(=O)N1CCCCCC1)c1cccnc1. The molecule has 3 heterocycles. The molecule has 1 aromatic carbocycles. The first-order valence-electron chi connectivity index (χ1n) is 10.1. The van der Waals surface area contributed by atoms with Gasteiger partial charge in [0.2, 0.25) is 5.91 Å². The molecule has 0 unspecified atom stereocenters. The quantitative estimate of drug-likeness (QED) is 0.725. The second kappa shape index (κ2) is 8.86. The van der Waals surface area contributed by atoms with E-state index in [2.05, 4.69) is 15.3 Å². The number of carbonyl (C=O) groups is 2. The van der Waals surface area contributed by atoms with E-state index in [9.17, 15) is 9.59 Å². The molecular weight excluding hydrogens is 366 g/mol. The Morgan fingerprint density at radius 1 is 1.00 bits per heavy atom. The summed E-state index contributed by atoms with van der Waals surface area (Å²) in [4.78, 5) is 35.9. The van der Waals surface area contributed by atoms with Crippen molar-refractivity contribution in [1.29, 1.82) is 0 Å². The first-order valence-corrected chi connectivity index (χ1v) is 10.1. The largest absolute Gasteiger partial charge is 0.345 e. The van der Waals surface area contributed by atoms with Gasteiger partial charge in [0.15, 0.2) is 0 Å². The Hall–Kier alpha value is -3.22. The minimum atomic E-state index is -0.212. The number of aromatic nitrogens is 3. The molecule has 3 aromatic rings. The Labute approximate surface area is 169 Å². The van der Waals surface area contributed by atoms with Gasteiger partial charge in [0, 0.05) is 25.5 Å². The summed E-state index contributed by atoms with van der Waals surface area (Å²) in [6.45, 7) is 2.12. The van der Waals surface area contributed by atoms with Crippen LogP contribution in [0.25, 0.3) is 11.0 Å². The number of nitrogens with zero attached hydrogens (tertiary/aromatic N) is 4. The third-order valence-corrected chi connectivity index (χ3v) is 5.32. The van der Waals surface area contributed by atoms with Gasteiger partial charge in [0.05, 0.1) is 23.1 Å². The molecule has 2 aromatic heterocycles. The lowest BCUT2D eigenvalue weighted by atomic mass is 10.2. The smallest absolute Gasteiger partial charge is 0.253 e. The number of benzene rings is 1. The number of fused-ring (bicyclic) bond motifs is 1. The van der Waals surface area contributed by atoms with Gasteiger partial charge in [-0.15, -0.1) is 0 Å². The van der Waals surface area contributed by atoms with Crippen LogP contribution in [0.5, 0.6) is 0 Å². The fourth-order valence-corrected chi connectivity index (χ4v) is 3.75. The zero-order valence-electron chi connectivity index (χ0n) is 16.4. The van der Waals surface area contributed by atoms with Crippen LogP contribution >= 0.6 is 0 Å². The monoisotopic (exact) mass is 391 g/mol. The second-order valence-electron chi connectivity index (χ2n) is 7.32. The molecule has 0 radical (unpaired) electrons. The molecule has 7 heteroatoms. The van der Waals surface area contributed by atoms with Gasteiger partial charge in [0.25, 0.3) is 5.91 Å². The van der Waals surface area contributed by atoms with Gasteiger partial charge < -0.3 is 14.8 Å². The van der Waals surface area contributed by atoms with Crippen molar-refractivity contribution in [3.63, 3.8) is 0 Å². The van der Waals surface area contributed by atoms with Crippen molar-refractivity contribution in [3.8, 4) is 0 Å². The van der Waals surface area contributed by atoms with Gasteiger partial charge in [-0.25, -0.2) is 4.98 Å². The number of rotatable bonds is 5. The van der Waals surface area contributed by atoms with Crippen LogP contribution in [0.2, 0.25) is 0 Å². The molecule has 2 amide bonds. The lowest BCUT2D eigenvalue weighted by Crippen LogP contribution is -2.35. The zero-order chi connectivity index (χ0) is 20.1. The number of likely N-dealkylation sites (tertiary alicyclic amines) is 1. The van der Waals surface area contributed by atoms with Gasteiger partial charge in [-0.3, -0.25) is 14.6 Å². The summed E-state index contributed by atoms with van der Waals surface area (Å²) in [5.41, 5.74) is 2.22. The number of imidazole rings is 1. The van der Waals surface area contributed by atoms with E-state index in [1.165, 1.54) is 19.0 Å². The molecule has 1 saturated heterocycles. The van der Waals surface area contributed by atoms with Crippen molar-refractivity contribution in [2.24, 2.45) is 0 Å². The van der Waals surface area contributed by atoms with Crippen molar-refractivity contribution >= 4 is 22.8 Å². The normalized spacial score (nSPS) is 14.6. The number of nitrogens with one attached hydrogen (secondary N) is 1. The molecule has 1 aliphatic heterocycles. The topological polar surface area (TPSA) is 80.1 Å². The molecule has 0 aliphatic carbocycles. The number of amides is 2. The van der Waals surface area contributed by atoms with E-state index in [0.29, 0.717) is 11.4 Å². The van der Waals surface area contributed by atoms with E-state index in [1.54, 1.807) is 18.3 Å². The number of carbonyl (C=O) groups excluding carboxylic acids is 2. The Morgan fingerprint density at radius 3 is 2.55 bits per heavy atom. The average molecular weight is 391 g/mol. The third kappa shape index (κ3) is 4.45. The van der Waals surface area contributed by atoms with Crippen molar-refractivity contribution in [2.75, 3.05) is 13.1 Å². The Kier molecular flexibility index (Phi) is 5.84. The van der Waals surface area contributed by atoms with Crippen molar-refractivity contribution < 1.29 is 9.59 Å². The van der Waals surface area contributed by atoms with Crippen molar-refractivity contribution in [2.45, 2.75) is 38.8 Å². The molecule has 0 spiro atoms. The van der Waals surface area contributed by atoms with Gasteiger partial charge in [-0.05, 0) is 37.1 Å². The summed E-state index contributed by atoms with van der Waals surface area (Å²) in [6, 6.07) is 11.2. The van der Waals surface area contributed by atoms with Gasteiger partial charge in [-0.1, -0.05) is 25.0 Å². The lowest BCUT2D eigenvalue weighted by molar-refractivity contribution is -0.131. The predicted molar refractivity (Wildman–Crippen MR) is 110 cm³/mol. The minimum Gasteiger partial charge on any atom is -0.345 e. The van der Waals surface area contributed by atoms with E-state index in [-0.39, 0.29) is 24.9 Å². The van der Waals surface area contributed by atoms with Crippen LogP contribution in [-0.2, 0) is 17.9 Å². The average Bonchev–Trinajstić information content (AvgIpc) is 2.92. The maximum Gasteiger partial charge on any atom is 0.253 e. The lowest BCUT2D eigenvalue weighted by Gasteiger charge is -2.21. The Bertz CT molecular complexity index is 991. The number of para-hydroxylation sites is 2. The second-order valence-corrected chi connectivity index (χ2v) is 7.32. The van der Waals surface area contributed by atoms with E-state index in [4.69, 9.17) is 0 Å². The van der Waals surface area contributed by atoms with Crippen LogP contribution in [0.1, 0.15) is 41.9 Å². The van der Waals surface area contributed by atoms with Crippen LogP contribution in [0.3, 0.4) is 0 Å². The molecule has 0 saturated carbocycles. The summed E-state index contributed by atoms with van der Waals surface area (Å²) < 4.78 is 1.92. The molecule has 0 atom stereocenters. The van der Waals surface area contributed by atoms with Crippen LogP contribution < -0.4 is 5.32 Å². The van der Waals surface area contributed by atoms with Gasteiger partial charge >= 0.3 is 0 Å². The molecule has 29 heavy (non-hydrogen) atoms. The van der Waals surface area contributed by atoms with Crippen LogP contribution in [0.4, 0.5) is 0 Å². The van der Waals surface area contributed by atoms with Crippen LogP contribution in [-0.4, -0.2) is 44.3 Å². The highest BCUT2D eigenvalue weighted by Crippen LogP contribution is 2.18. The highest BCUT2D eigenvalue weighted by atomic mass is 16.2. The first kappa shape index (κ1) is 19.1. The molecule has 1 N–H and O–H groups in total. The number of hydrogen-bond acceptors (Lipinski definition) is 4. The first-order chi connectivity index (χ1) is 14.2. The summed E-state index contributed by atoms with van der Waals surface area (Å²) in [7, 11) is 0. The molecule has 1 fully saturated rings. The fourth-order valence-electron chi connectivity index (χ4n) is 3.75. The molecule has 0 bridgehead atoms. The predicted octanol–water partition coefficient (Wildman–Crippen LogP) is 2.76. The van der Waals surface area contributed by atoms with Gasteiger partial charge in [0.1, 0.15) is 12.4 Å². The van der Waals surface area contributed by atoms with Crippen molar-refractivity contribution in [3.05, 3.63) is 60.2 Å². The number of hydrogen-bond donors (Lipinski definition) is 1. The standard InChI is InChI=1S/C22H25N5O2/c28-21(26-12-5-1-2-6-13-26)16-27-19-10-4-3-9-18(19)25-20(27)15-24-22(29)17-8-7-11-23-14-17/h3-4,7-11,14H,1-2,5-6,12-13,15-16H2,(H,24,29). The maximum atomic E-state index is 13.0.